The molecule has 0 heterocycles. The predicted molar refractivity (Wildman–Crippen MR) is 40.6 cm³/mol. The molecule has 0 aliphatic heterocycles. The van der Waals surface area contributed by atoms with Crippen molar-refractivity contribution in [2.75, 3.05) is 13.6 Å². The first kappa shape index (κ1) is 9.07. The second-order valence-electron chi connectivity index (χ2n) is 2.28. The first-order valence-electron chi connectivity index (χ1n) is 2.96. The molecule has 56 valence electrons. The van der Waals surface area contributed by atoms with E-state index in [0.29, 0.717) is 6.54 Å². The molecule has 0 radical (unpaired) electrons. The smallest absolute Gasteiger partial charge is 0.224 e. The standard InChI is InChI=1S/C7H13N2O/c1-4-6-9(3,8)7(10)5-2/h4-5H,1-2,6,8H2,3H3/q+1. The van der Waals surface area contributed by atoms with Gasteiger partial charge in [0, 0.05) is 6.08 Å². The van der Waals surface area contributed by atoms with Gasteiger partial charge < -0.3 is 0 Å². The van der Waals surface area contributed by atoms with E-state index in [2.05, 4.69) is 13.2 Å². The summed E-state index contributed by atoms with van der Waals surface area (Å²) in [7, 11) is 1.60. The molecule has 0 aromatic carbocycles. The van der Waals surface area contributed by atoms with Crippen molar-refractivity contribution in [1.82, 2.24) is 0 Å². The molecular formula is C7H13N2O+. The number of carbonyl (C=O) groups excluding carboxylic acids is 1. The van der Waals surface area contributed by atoms with Crippen molar-refractivity contribution in [2.24, 2.45) is 5.84 Å². The van der Waals surface area contributed by atoms with Gasteiger partial charge in [-0.05, 0) is 6.08 Å². The molecule has 1 atom stereocenters. The Morgan fingerprint density at radius 1 is 1.70 bits per heavy atom. The lowest BCUT2D eigenvalue weighted by atomic mass is 10.4. The molecule has 3 nitrogen and oxygen atoms in total. The van der Waals surface area contributed by atoms with E-state index in [4.69, 9.17) is 5.84 Å². The van der Waals surface area contributed by atoms with Crippen LogP contribution in [0.4, 0.5) is 0 Å². The Morgan fingerprint density at radius 2 is 2.20 bits per heavy atom. The lowest BCUT2D eigenvalue weighted by Gasteiger charge is -2.21. The van der Waals surface area contributed by atoms with Crippen LogP contribution >= 0.6 is 0 Å². The highest BCUT2D eigenvalue weighted by Gasteiger charge is 2.22. The molecule has 0 aromatic rings. The Kier molecular flexibility index (Phi) is 2.99. The van der Waals surface area contributed by atoms with Gasteiger partial charge in [0.15, 0.2) is 0 Å². The minimum Gasteiger partial charge on any atom is -0.224 e. The Balaban J connectivity index is 4.22. The molecule has 0 fully saturated rings. The third-order valence-corrected chi connectivity index (χ3v) is 1.19. The van der Waals surface area contributed by atoms with Crippen LogP contribution in [0.1, 0.15) is 0 Å². The average Bonchev–Trinajstić information content (AvgIpc) is 1.86. The molecule has 0 aliphatic rings. The Bertz CT molecular complexity index is 161. The van der Waals surface area contributed by atoms with E-state index < -0.39 is 0 Å². The molecule has 0 bridgehead atoms. The zero-order valence-corrected chi connectivity index (χ0v) is 6.21. The minimum atomic E-state index is -0.208. The van der Waals surface area contributed by atoms with E-state index in [-0.39, 0.29) is 10.5 Å². The Morgan fingerprint density at radius 3 is 2.50 bits per heavy atom. The average molecular weight is 141 g/mol. The van der Waals surface area contributed by atoms with Crippen molar-refractivity contribution in [3.8, 4) is 0 Å². The molecule has 0 saturated heterocycles. The fraction of sp³-hybridized carbons (Fsp3) is 0.286. The van der Waals surface area contributed by atoms with E-state index in [1.807, 2.05) is 0 Å². The summed E-state index contributed by atoms with van der Waals surface area (Å²) in [5.41, 5.74) is 0. The van der Waals surface area contributed by atoms with Gasteiger partial charge in [0.1, 0.15) is 6.54 Å². The van der Waals surface area contributed by atoms with Crippen LogP contribution in [0.5, 0.6) is 0 Å². The second-order valence-corrected chi connectivity index (χ2v) is 2.28. The third-order valence-electron chi connectivity index (χ3n) is 1.19. The number of hydrogen-bond donors (Lipinski definition) is 1. The lowest BCUT2D eigenvalue weighted by molar-refractivity contribution is -0.837. The van der Waals surface area contributed by atoms with Gasteiger partial charge in [-0.1, -0.05) is 13.2 Å². The molecule has 0 aliphatic carbocycles. The maximum atomic E-state index is 10.9. The summed E-state index contributed by atoms with van der Waals surface area (Å²) in [6.07, 6.45) is 2.81. The molecule has 0 aromatic heterocycles. The molecule has 3 heteroatoms. The van der Waals surface area contributed by atoms with Crippen molar-refractivity contribution in [1.29, 1.82) is 0 Å². The molecule has 2 N–H and O–H groups in total. The minimum absolute atomic E-state index is 0.201. The number of likely N-dealkylation sites (N-methyl/N-ethyl adjacent to an activating group) is 1. The van der Waals surface area contributed by atoms with Crippen LogP contribution < -0.4 is 5.84 Å². The van der Waals surface area contributed by atoms with E-state index >= 15 is 0 Å². The van der Waals surface area contributed by atoms with Crippen molar-refractivity contribution >= 4 is 5.91 Å². The third kappa shape index (κ3) is 2.13. The second kappa shape index (κ2) is 3.29. The van der Waals surface area contributed by atoms with E-state index in [0.717, 1.165) is 0 Å². The summed E-state index contributed by atoms with van der Waals surface area (Å²) >= 11 is 0. The van der Waals surface area contributed by atoms with E-state index in [9.17, 15) is 4.79 Å². The van der Waals surface area contributed by atoms with Gasteiger partial charge in [-0.25, -0.2) is 4.79 Å². The zero-order chi connectivity index (χ0) is 8.20. The predicted octanol–water partition coefficient (Wildman–Crippen LogP) is 0.205. The van der Waals surface area contributed by atoms with Gasteiger partial charge in [0.05, 0.1) is 7.05 Å². The quantitative estimate of drug-likeness (QED) is 0.152. The maximum absolute atomic E-state index is 10.9. The van der Waals surface area contributed by atoms with E-state index in [1.165, 1.54) is 6.08 Å². The monoisotopic (exact) mass is 141 g/mol. The van der Waals surface area contributed by atoms with Crippen LogP contribution in [0.3, 0.4) is 0 Å². The molecule has 1 amide bonds. The van der Waals surface area contributed by atoms with Gasteiger partial charge in [-0.2, -0.15) is 10.4 Å². The number of amides is 1. The molecule has 0 spiro atoms. The molecule has 10 heavy (non-hydrogen) atoms. The van der Waals surface area contributed by atoms with Crippen molar-refractivity contribution in [2.45, 2.75) is 0 Å². The van der Waals surface area contributed by atoms with Crippen LogP contribution in [-0.2, 0) is 4.79 Å². The van der Waals surface area contributed by atoms with Gasteiger partial charge in [-0.3, -0.25) is 0 Å². The summed E-state index contributed by atoms with van der Waals surface area (Å²) in [5, 5.41) is 0. The summed E-state index contributed by atoms with van der Waals surface area (Å²) in [4.78, 5) is 10.9. The highest BCUT2D eigenvalue weighted by atomic mass is 16.2. The maximum Gasteiger partial charge on any atom is 0.356 e. The van der Waals surface area contributed by atoms with E-state index in [1.54, 1.807) is 13.1 Å². The summed E-state index contributed by atoms with van der Waals surface area (Å²) in [5.74, 6) is 5.32. The van der Waals surface area contributed by atoms with Gasteiger partial charge in [-0.15, -0.1) is 0 Å². The number of carbonyl (C=O) groups is 1. The number of rotatable bonds is 3. The van der Waals surface area contributed by atoms with Gasteiger partial charge >= 0.3 is 5.91 Å². The normalized spacial score (nSPS) is 15.4. The number of hydrogen-bond acceptors (Lipinski definition) is 2. The fourth-order valence-electron chi connectivity index (χ4n) is 0.567. The highest BCUT2D eigenvalue weighted by molar-refractivity contribution is 5.80. The SMILES string of the molecule is C=CC[N+](C)(N)C(=O)C=C. The van der Waals surface area contributed by atoms with Gasteiger partial charge in [0.25, 0.3) is 0 Å². The topological polar surface area (TPSA) is 43.1 Å². The highest BCUT2D eigenvalue weighted by Crippen LogP contribution is 1.93. The zero-order valence-electron chi connectivity index (χ0n) is 6.21. The number of nitrogens with two attached hydrogens (primary N) is 1. The van der Waals surface area contributed by atoms with Crippen LogP contribution in [0.25, 0.3) is 0 Å². The lowest BCUT2D eigenvalue weighted by Crippen LogP contribution is -2.54. The molecule has 0 saturated carbocycles. The first-order chi connectivity index (χ1) is 4.54. The fourth-order valence-corrected chi connectivity index (χ4v) is 0.567. The van der Waals surface area contributed by atoms with Crippen LogP contribution in [0.2, 0.25) is 0 Å². The Hall–Kier alpha value is -0.930. The summed E-state index contributed by atoms with van der Waals surface area (Å²) in [6, 6.07) is 0. The van der Waals surface area contributed by atoms with Crippen molar-refractivity contribution < 1.29 is 9.39 Å². The number of nitrogens with zero attached hydrogens (tertiary/aromatic N) is 1. The number of quaternary nitrogens is 1. The largest absolute Gasteiger partial charge is 0.356 e. The molecular weight excluding hydrogens is 128 g/mol. The van der Waals surface area contributed by atoms with Crippen molar-refractivity contribution in [3.05, 3.63) is 25.3 Å². The van der Waals surface area contributed by atoms with Crippen LogP contribution in [-0.4, -0.2) is 24.1 Å². The van der Waals surface area contributed by atoms with Crippen molar-refractivity contribution in [3.63, 3.8) is 0 Å². The van der Waals surface area contributed by atoms with Crippen LogP contribution in [0, 0.1) is 0 Å². The summed E-state index contributed by atoms with van der Waals surface area (Å²) in [6.45, 7) is 7.23. The molecule has 0 rings (SSSR count). The molecule has 1 unspecified atom stereocenters. The summed E-state index contributed by atoms with van der Waals surface area (Å²) < 4.78 is -0.201. The first-order valence-corrected chi connectivity index (χ1v) is 2.96. The Labute approximate surface area is 61.0 Å². The van der Waals surface area contributed by atoms with Crippen LogP contribution in [0.15, 0.2) is 25.3 Å². The van der Waals surface area contributed by atoms with Gasteiger partial charge in [0.2, 0.25) is 0 Å².